The van der Waals surface area contributed by atoms with Crippen molar-refractivity contribution in [1.29, 1.82) is 0 Å². The van der Waals surface area contributed by atoms with Crippen LogP contribution in [0.1, 0.15) is 95.8 Å². The van der Waals surface area contributed by atoms with Crippen molar-refractivity contribution in [3.63, 3.8) is 0 Å². The highest BCUT2D eigenvalue weighted by Crippen LogP contribution is 2.47. The van der Waals surface area contributed by atoms with Crippen LogP contribution >= 0.6 is 0 Å². The second-order valence-electron chi connectivity index (χ2n) is 15.6. The van der Waals surface area contributed by atoms with Crippen LogP contribution < -0.4 is 15.4 Å². The lowest BCUT2D eigenvalue weighted by Crippen LogP contribution is -2.60. The Hall–Kier alpha value is -3.95. The maximum atomic E-state index is 14.9. The summed E-state index contributed by atoms with van der Waals surface area (Å²) in [5.41, 5.74) is -0.245. The molecule has 51 heavy (non-hydrogen) atoms. The number of amides is 5. The number of alkyl carbamates (subject to hydrolysis) is 1. The summed E-state index contributed by atoms with van der Waals surface area (Å²) in [6.45, 7) is 7.16. The summed E-state index contributed by atoms with van der Waals surface area (Å²) in [7, 11) is -3.89. The van der Waals surface area contributed by atoms with Crippen molar-refractivity contribution in [2.45, 2.75) is 128 Å². The molecule has 3 aliphatic heterocycles. The molecule has 1 aromatic carbocycles. The van der Waals surface area contributed by atoms with Crippen LogP contribution in [0, 0.1) is 17.2 Å². The van der Waals surface area contributed by atoms with Gasteiger partial charge < -0.3 is 25.0 Å². The van der Waals surface area contributed by atoms with Gasteiger partial charge in [0.25, 0.3) is 5.91 Å². The van der Waals surface area contributed by atoms with Gasteiger partial charge in [-0.1, -0.05) is 40.2 Å². The molecule has 6 rings (SSSR count). The van der Waals surface area contributed by atoms with Crippen molar-refractivity contribution in [2.75, 3.05) is 13.2 Å². The Balaban J connectivity index is 1.27. The number of rotatable bonds is 6. The number of hydrogen-bond acceptors (Lipinski definition) is 9. The monoisotopic (exact) mass is 733 g/mol. The molecule has 4 bridgehead atoms. The van der Waals surface area contributed by atoms with Gasteiger partial charge >= 0.3 is 12.2 Å². The number of cyclic esters (lactones) is 1. The number of carbonyl (C=O) groups excluding carboxylic acids is 5. The van der Waals surface area contributed by atoms with Gasteiger partial charge in [0.05, 0.1) is 31.5 Å². The molecule has 2 saturated carbocycles. The number of halogens is 1. The lowest BCUT2D eigenvalue weighted by atomic mass is 9.85. The molecule has 0 spiro atoms. The first-order chi connectivity index (χ1) is 24.0. The minimum atomic E-state index is -3.89. The zero-order chi connectivity index (χ0) is 36.9. The number of nitrogens with one attached hydrogen (secondary N) is 3. The summed E-state index contributed by atoms with van der Waals surface area (Å²) >= 11 is 0. The molecule has 2 aliphatic carbocycles. The maximum Gasteiger partial charge on any atom is 0.410 e. The van der Waals surface area contributed by atoms with Crippen molar-refractivity contribution in [3.05, 3.63) is 34.6 Å². The van der Waals surface area contributed by atoms with Gasteiger partial charge in [-0.25, -0.2) is 22.4 Å². The standard InChI is InChI=1S/C35H48FN5O9S/c1-5-21-16-35(21,31(44)39-51(47,48)23-11-12-23)38-29(42)27-15-22-17-41(27)30(43)28(34(2,3)4)37-32(45)49-14-8-6-7-9-20-10-13-26(36)25-19-40(18-24(20)25)33(46)50-22/h10,13,21-23,27-28H,5-9,11-12,14-19H2,1-4H3,(H,37,45)(H,38,42)(H,39,44)/t21-,22+,27-,28+,35+/m0/s1. The number of hydrogen-bond donors (Lipinski definition) is 3. The van der Waals surface area contributed by atoms with Crippen molar-refractivity contribution in [1.82, 2.24) is 25.2 Å². The van der Waals surface area contributed by atoms with E-state index >= 15 is 0 Å². The third kappa shape index (κ3) is 7.65. The number of carbonyl (C=O) groups is 5. The average molecular weight is 734 g/mol. The van der Waals surface area contributed by atoms with Gasteiger partial charge in [-0.05, 0) is 73.5 Å². The van der Waals surface area contributed by atoms with Gasteiger partial charge in [0.1, 0.15) is 29.5 Å². The third-order valence-corrected chi connectivity index (χ3v) is 12.6. The Kier molecular flexibility index (Phi) is 10.0. The molecule has 16 heteroatoms. The predicted molar refractivity (Wildman–Crippen MR) is 181 cm³/mol. The summed E-state index contributed by atoms with van der Waals surface area (Å²) in [5, 5.41) is 4.81. The van der Waals surface area contributed by atoms with Gasteiger partial charge in [-0.2, -0.15) is 0 Å². The summed E-state index contributed by atoms with van der Waals surface area (Å²) in [6, 6.07) is 0.750. The van der Waals surface area contributed by atoms with Crippen molar-refractivity contribution < 1.29 is 46.3 Å². The van der Waals surface area contributed by atoms with Crippen LogP contribution in [0.15, 0.2) is 12.1 Å². The Bertz CT molecular complexity index is 1710. The van der Waals surface area contributed by atoms with Crippen LogP contribution in [0.2, 0.25) is 0 Å². The molecule has 5 atom stereocenters. The molecule has 0 unspecified atom stereocenters. The SMILES string of the molecule is CC[C@H]1C[C@]1(NC(=O)[C@@H]1C[C@@H]2CN1C(=O)[C@H](C(C)(C)C)NC(=O)OCCCCCc1ccc(F)c3c1CN(C3)C(=O)O2)C(=O)NS(=O)(=O)C1CC1. The van der Waals surface area contributed by atoms with Gasteiger partial charge in [0.15, 0.2) is 0 Å². The molecular formula is C35H48FN5O9S. The summed E-state index contributed by atoms with van der Waals surface area (Å²) in [5.74, 6) is -2.90. The Morgan fingerprint density at radius 1 is 1.08 bits per heavy atom. The molecule has 3 fully saturated rings. The zero-order valence-corrected chi connectivity index (χ0v) is 30.4. The minimum Gasteiger partial charge on any atom is -0.450 e. The first-order valence-electron chi connectivity index (χ1n) is 17.9. The minimum absolute atomic E-state index is 0.0128. The number of nitrogens with zero attached hydrogens (tertiary/aromatic N) is 2. The van der Waals surface area contributed by atoms with Crippen LogP contribution in [0.25, 0.3) is 0 Å². The van der Waals surface area contributed by atoms with Gasteiger partial charge in [-0.3, -0.25) is 24.0 Å². The molecule has 3 N–H and O–H groups in total. The van der Waals surface area contributed by atoms with Crippen LogP contribution in [-0.4, -0.2) is 90.3 Å². The third-order valence-electron chi connectivity index (χ3n) is 10.8. The second-order valence-corrected chi connectivity index (χ2v) is 17.6. The Morgan fingerprint density at radius 3 is 2.47 bits per heavy atom. The molecule has 0 aromatic heterocycles. The number of ether oxygens (including phenoxy) is 2. The molecule has 1 aromatic rings. The van der Waals surface area contributed by atoms with Crippen LogP contribution in [-0.2, 0) is 53.4 Å². The van der Waals surface area contributed by atoms with E-state index in [1.54, 1.807) is 26.8 Å². The first kappa shape index (κ1) is 36.8. The number of benzene rings is 1. The normalized spacial score (nSPS) is 28.8. The largest absolute Gasteiger partial charge is 0.450 e. The summed E-state index contributed by atoms with van der Waals surface area (Å²) in [4.78, 5) is 71.0. The van der Waals surface area contributed by atoms with E-state index in [4.69, 9.17) is 9.47 Å². The van der Waals surface area contributed by atoms with E-state index in [-0.39, 0.29) is 45.0 Å². The fourth-order valence-corrected chi connectivity index (χ4v) is 8.87. The van der Waals surface area contributed by atoms with Crippen molar-refractivity contribution >= 4 is 39.9 Å². The van der Waals surface area contributed by atoms with Crippen LogP contribution in [0.4, 0.5) is 14.0 Å². The van der Waals surface area contributed by atoms with E-state index in [0.717, 1.165) is 24.0 Å². The first-order valence-corrected chi connectivity index (χ1v) is 19.4. The van der Waals surface area contributed by atoms with E-state index < -0.39 is 80.1 Å². The molecule has 3 heterocycles. The molecule has 0 radical (unpaired) electrons. The van der Waals surface area contributed by atoms with Gasteiger partial charge in [0, 0.05) is 12.0 Å². The van der Waals surface area contributed by atoms with Crippen LogP contribution in [0.5, 0.6) is 0 Å². The number of fused-ring (bicyclic) bond motifs is 3. The Morgan fingerprint density at radius 2 is 1.80 bits per heavy atom. The van der Waals surface area contributed by atoms with E-state index in [9.17, 15) is 36.8 Å². The molecule has 1 saturated heterocycles. The fourth-order valence-electron chi connectivity index (χ4n) is 7.50. The molecule has 280 valence electrons. The number of aryl methyl sites for hydroxylation is 1. The van der Waals surface area contributed by atoms with E-state index in [1.165, 1.54) is 15.9 Å². The summed E-state index contributed by atoms with van der Waals surface area (Å²) in [6.07, 6.45) is 1.71. The molecule has 14 nitrogen and oxygen atoms in total. The summed E-state index contributed by atoms with van der Waals surface area (Å²) < 4.78 is 53.7. The van der Waals surface area contributed by atoms with Crippen molar-refractivity contribution in [3.8, 4) is 0 Å². The highest BCUT2D eigenvalue weighted by Gasteiger charge is 2.62. The highest BCUT2D eigenvalue weighted by molar-refractivity contribution is 7.91. The quantitative estimate of drug-likeness (QED) is 0.396. The van der Waals surface area contributed by atoms with Gasteiger partial charge in [0.2, 0.25) is 21.8 Å². The van der Waals surface area contributed by atoms with E-state index in [1.807, 2.05) is 6.92 Å². The molecule has 5 aliphatic rings. The zero-order valence-electron chi connectivity index (χ0n) is 29.6. The fraction of sp³-hybridized carbons (Fsp3) is 0.686. The maximum absolute atomic E-state index is 14.9. The second kappa shape index (κ2) is 13.9. The lowest BCUT2D eigenvalue weighted by molar-refractivity contribution is -0.143. The predicted octanol–water partition coefficient (Wildman–Crippen LogP) is 3.01. The van der Waals surface area contributed by atoms with Crippen LogP contribution in [0.3, 0.4) is 0 Å². The molecular weight excluding hydrogens is 685 g/mol. The van der Waals surface area contributed by atoms with Crippen molar-refractivity contribution in [2.24, 2.45) is 11.3 Å². The smallest absolute Gasteiger partial charge is 0.410 e. The molecule has 5 amide bonds. The van der Waals surface area contributed by atoms with E-state index in [2.05, 4.69) is 15.4 Å². The Labute approximate surface area is 297 Å². The lowest BCUT2D eigenvalue weighted by Gasteiger charge is -2.35. The number of sulfonamides is 1. The van der Waals surface area contributed by atoms with E-state index in [0.29, 0.717) is 37.7 Å². The van der Waals surface area contributed by atoms with Gasteiger partial charge in [-0.15, -0.1) is 0 Å². The highest BCUT2D eigenvalue weighted by atomic mass is 32.2. The average Bonchev–Trinajstić information content (AvgIpc) is 3.95. The topological polar surface area (TPSA) is 181 Å².